The molecule has 3 unspecified atom stereocenters. The Morgan fingerprint density at radius 2 is 1.07 bits per heavy atom. The summed E-state index contributed by atoms with van der Waals surface area (Å²) < 4.78 is 0. The number of guanidine groups is 1. The first kappa shape index (κ1) is 55.8. The van der Waals surface area contributed by atoms with Crippen LogP contribution in [0.4, 0.5) is 0 Å². The number of nitrogens with two attached hydrogens (primary N) is 5. The number of primary amides is 3. The van der Waals surface area contributed by atoms with Crippen molar-refractivity contribution in [3.05, 3.63) is 29.8 Å². The van der Waals surface area contributed by atoms with E-state index in [1.165, 1.54) is 12.5 Å². The van der Waals surface area contributed by atoms with Crippen molar-refractivity contribution in [1.29, 1.82) is 0 Å². The zero-order valence-corrected chi connectivity index (χ0v) is 33.9. The summed E-state index contributed by atoms with van der Waals surface area (Å²) in [6, 6.07) is 3.30. The molecule has 1 aromatic carbocycles. The lowest BCUT2D eigenvalue weighted by molar-refractivity contribution is -0.133. The Labute approximate surface area is 337 Å². The number of rotatable bonds is 20. The van der Waals surface area contributed by atoms with E-state index in [0.29, 0.717) is 5.75 Å². The predicted octanol–water partition coefficient (Wildman–Crippen LogP) is -4.54. The molecule has 18 N–H and O–H groups in total. The fourth-order valence-electron chi connectivity index (χ4n) is 3.68. The summed E-state index contributed by atoms with van der Waals surface area (Å²) in [6.07, 6.45) is -0.246. The maximum atomic E-state index is 12.8. The Morgan fingerprint density at radius 1 is 0.655 bits per heavy atom. The van der Waals surface area contributed by atoms with Gasteiger partial charge in [-0.15, -0.1) is 0 Å². The summed E-state index contributed by atoms with van der Waals surface area (Å²) in [5.74, 6) is -5.67. The van der Waals surface area contributed by atoms with Crippen molar-refractivity contribution in [2.75, 3.05) is 32.8 Å². The maximum absolute atomic E-state index is 12.8. The Bertz CT molecular complexity index is 1470. The van der Waals surface area contributed by atoms with E-state index in [1.54, 1.807) is 12.1 Å². The average molecular weight is 827 g/mol. The number of carbonyl (C=O) groups is 9. The smallest absolute Gasteiger partial charge is 0.245 e. The van der Waals surface area contributed by atoms with Crippen molar-refractivity contribution in [3.8, 4) is 5.75 Å². The summed E-state index contributed by atoms with van der Waals surface area (Å²) in [5.41, 5.74) is 26.3. The third-order valence-corrected chi connectivity index (χ3v) is 6.12. The molecule has 0 aromatic heterocycles. The second-order valence-corrected chi connectivity index (χ2v) is 12.9. The van der Waals surface area contributed by atoms with Crippen molar-refractivity contribution in [3.63, 3.8) is 0 Å². The standard InChI is InChI=1S/C22H39N11O9.C7H8O.C4H10.C2H5NO/c1-11(35)31-14(10-34)21(42)30-9-17(38)32-12(3-2-6-27-22(25)26)19(40)29-8-18(39)33-13(4-5-15(23)36)20(41)28-7-16(24)37;1-6-2-4-7(8)5-3-6;1-4(2)3;1-2(3)4/h12-14,34H,2-10H2,1H3,(H2,23,36)(H2,24,37)(H,28,41)(H,29,40)(H,30,42)(H,31,35)(H,32,38)(H,33,39)(H4,25,26,27);2-5,8H,1H3;4H,1-3H3;1H3,(H2,3,4). The van der Waals surface area contributed by atoms with Gasteiger partial charge < -0.3 is 70.8 Å². The zero-order valence-electron chi connectivity index (χ0n) is 33.9. The molecule has 0 aliphatic rings. The highest BCUT2D eigenvalue weighted by Gasteiger charge is 2.25. The van der Waals surface area contributed by atoms with Crippen LogP contribution in [0.25, 0.3) is 0 Å². The molecule has 0 saturated heterocycles. The number of carbonyl (C=O) groups excluding carboxylic acids is 9. The lowest BCUT2D eigenvalue weighted by atomic mass is 10.1. The van der Waals surface area contributed by atoms with Crippen LogP contribution in [-0.4, -0.2) is 120 Å². The van der Waals surface area contributed by atoms with E-state index in [2.05, 4.69) is 63.4 Å². The van der Waals surface area contributed by atoms with Crippen LogP contribution in [0.3, 0.4) is 0 Å². The second-order valence-electron chi connectivity index (χ2n) is 12.9. The van der Waals surface area contributed by atoms with Crippen molar-refractivity contribution in [2.24, 2.45) is 39.6 Å². The van der Waals surface area contributed by atoms with Gasteiger partial charge in [-0.3, -0.25) is 48.1 Å². The average Bonchev–Trinajstić information content (AvgIpc) is 3.11. The van der Waals surface area contributed by atoms with Gasteiger partial charge in [0.2, 0.25) is 53.2 Å². The molecule has 0 aliphatic heterocycles. The number of nitrogens with one attached hydrogen (secondary N) is 6. The first-order valence-corrected chi connectivity index (χ1v) is 17.8. The third kappa shape index (κ3) is 36.5. The minimum absolute atomic E-state index is 0.00579. The summed E-state index contributed by atoms with van der Waals surface area (Å²) in [5, 5.41) is 31.6. The molecule has 0 saturated carbocycles. The van der Waals surface area contributed by atoms with Gasteiger partial charge in [0, 0.05) is 26.8 Å². The van der Waals surface area contributed by atoms with E-state index in [0.717, 1.165) is 12.8 Å². The Kier molecular flexibility index (Phi) is 31.5. The highest BCUT2D eigenvalue weighted by Crippen LogP contribution is 2.07. The van der Waals surface area contributed by atoms with Crippen LogP contribution in [0.5, 0.6) is 5.75 Å². The highest BCUT2D eigenvalue weighted by molar-refractivity contribution is 5.95. The van der Waals surface area contributed by atoms with Gasteiger partial charge in [0.15, 0.2) is 5.96 Å². The topological polar surface area (TPSA) is 409 Å². The summed E-state index contributed by atoms with van der Waals surface area (Å²) in [6.45, 7) is 8.52. The van der Waals surface area contributed by atoms with E-state index < -0.39 is 91.6 Å². The molecule has 0 aliphatic carbocycles. The number of hydrogen-bond acceptors (Lipinski definition) is 12. The normalized spacial score (nSPS) is 11.2. The minimum atomic E-state index is -1.29. The van der Waals surface area contributed by atoms with Crippen LogP contribution in [-0.2, 0) is 43.2 Å². The lowest BCUT2D eigenvalue weighted by Crippen LogP contribution is -2.54. The number of phenols is 1. The number of benzene rings is 1. The summed E-state index contributed by atoms with van der Waals surface area (Å²) in [7, 11) is 0. The molecule has 1 aromatic rings. The third-order valence-electron chi connectivity index (χ3n) is 6.12. The van der Waals surface area contributed by atoms with Gasteiger partial charge in [-0.25, -0.2) is 0 Å². The quantitative estimate of drug-likeness (QED) is 0.0335. The Balaban J connectivity index is -0.00000156. The monoisotopic (exact) mass is 826 g/mol. The molecule has 0 radical (unpaired) electrons. The van der Waals surface area contributed by atoms with E-state index in [9.17, 15) is 48.3 Å². The first-order valence-electron chi connectivity index (χ1n) is 17.8. The minimum Gasteiger partial charge on any atom is -0.508 e. The van der Waals surface area contributed by atoms with Crippen LogP contribution in [0.1, 0.15) is 65.9 Å². The first-order chi connectivity index (χ1) is 26.9. The molecule has 0 spiro atoms. The molecule has 9 amide bonds. The summed E-state index contributed by atoms with van der Waals surface area (Å²) >= 11 is 0. The van der Waals surface area contributed by atoms with Crippen molar-refractivity contribution in [2.45, 2.75) is 85.4 Å². The van der Waals surface area contributed by atoms with Gasteiger partial charge in [-0.1, -0.05) is 38.5 Å². The molecule has 23 nitrogen and oxygen atoms in total. The number of aliphatic hydroxyl groups is 1. The van der Waals surface area contributed by atoms with E-state index in [-0.39, 0.29) is 44.1 Å². The molecule has 58 heavy (non-hydrogen) atoms. The van der Waals surface area contributed by atoms with Crippen molar-refractivity contribution < 1.29 is 53.4 Å². The van der Waals surface area contributed by atoms with Crippen LogP contribution >= 0.6 is 0 Å². The fraction of sp³-hybridized carbons (Fsp3) is 0.543. The number of aliphatic hydroxyl groups excluding tert-OH is 1. The molecule has 328 valence electrons. The molecule has 0 fully saturated rings. The predicted molar refractivity (Wildman–Crippen MR) is 213 cm³/mol. The molecule has 1 rings (SSSR count). The van der Waals surface area contributed by atoms with E-state index >= 15 is 0 Å². The van der Waals surface area contributed by atoms with Crippen LogP contribution in [0, 0.1) is 12.8 Å². The number of aryl methyl sites for hydroxylation is 1. The second kappa shape index (κ2) is 32.7. The number of nitrogens with zero attached hydrogens (tertiary/aromatic N) is 1. The largest absolute Gasteiger partial charge is 0.508 e. The molecular formula is C35H62N12O11. The van der Waals surface area contributed by atoms with Gasteiger partial charge in [0.1, 0.15) is 23.9 Å². The molecular weight excluding hydrogens is 764 g/mol. The zero-order chi connectivity index (χ0) is 45.4. The Morgan fingerprint density at radius 3 is 1.43 bits per heavy atom. The van der Waals surface area contributed by atoms with Crippen molar-refractivity contribution in [1.82, 2.24) is 31.9 Å². The van der Waals surface area contributed by atoms with Gasteiger partial charge in [0.25, 0.3) is 0 Å². The summed E-state index contributed by atoms with van der Waals surface area (Å²) in [4.78, 5) is 108. The number of amides is 9. The van der Waals surface area contributed by atoms with Gasteiger partial charge in [-0.05, 0) is 44.2 Å². The number of phenolic OH excluding ortho intramolecular Hbond substituents is 1. The maximum Gasteiger partial charge on any atom is 0.245 e. The molecule has 3 atom stereocenters. The van der Waals surface area contributed by atoms with E-state index in [1.807, 2.05) is 19.1 Å². The van der Waals surface area contributed by atoms with Crippen molar-refractivity contribution >= 4 is 59.1 Å². The SMILES string of the molecule is CC(=O)NC(CO)C(=O)NCC(=O)NC(CCCN=C(N)N)C(=O)NCC(=O)NC(CCC(N)=O)C(=O)NCC(N)=O.CC(C)C.CC(N)=O.Cc1ccc(O)cc1. The molecule has 0 bridgehead atoms. The fourth-order valence-corrected chi connectivity index (χ4v) is 3.68. The molecule has 23 heteroatoms. The van der Waals surface area contributed by atoms with E-state index in [4.69, 9.17) is 28.0 Å². The molecule has 0 heterocycles. The van der Waals surface area contributed by atoms with Crippen LogP contribution in [0.15, 0.2) is 29.3 Å². The number of aromatic hydroxyl groups is 1. The number of aliphatic imine (C=N–C) groups is 1. The van der Waals surface area contributed by atoms with Crippen LogP contribution < -0.4 is 60.6 Å². The van der Waals surface area contributed by atoms with Gasteiger partial charge in [0.05, 0.1) is 26.2 Å². The van der Waals surface area contributed by atoms with Crippen LogP contribution in [0.2, 0.25) is 0 Å². The number of hydrogen-bond donors (Lipinski definition) is 13. The Hall–Kier alpha value is -6.52. The van der Waals surface area contributed by atoms with Gasteiger partial charge >= 0.3 is 0 Å². The lowest BCUT2D eigenvalue weighted by Gasteiger charge is -2.20. The highest BCUT2D eigenvalue weighted by atomic mass is 16.3. The van der Waals surface area contributed by atoms with Gasteiger partial charge in [-0.2, -0.15) is 0 Å².